The second-order valence-electron chi connectivity index (χ2n) is 2.26. The van der Waals surface area contributed by atoms with Gasteiger partial charge in [-0.3, -0.25) is 4.79 Å². The third-order valence-electron chi connectivity index (χ3n) is 0.753. The number of carbonyl (C=O) groups is 1. The first-order valence-corrected chi connectivity index (χ1v) is 5.88. The molecule has 0 radical (unpaired) electrons. The van der Waals surface area contributed by atoms with E-state index in [-0.39, 0.29) is 10.2 Å². The lowest BCUT2D eigenvalue weighted by Gasteiger charge is -1.96. The lowest BCUT2D eigenvalue weighted by molar-refractivity contribution is -0.107. The highest BCUT2D eigenvalue weighted by atomic mass is 32.3. The normalized spacial score (nSPS) is 11.1. The second kappa shape index (κ2) is 3.92. The van der Waals surface area contributed by atoms with Crippen LogP contribution in [0.5, 0.6) is 0 Å². The minimum atomic E-state index is -3.05. The zero-order valence-corrected chi connectivity index (χ0v) is 8.09. The van der Waals surface area contributed by atoms with E-state index in [2.05, 4.69) is 6.58 Å². The van der Waals surface area contributed by atoms with E-state index in [1.165, 1.54) is 0 Å². The van der Waals surface area contributed by atoms with Crippen molar-refractivity contribution < 1.29 is 13.2 Å². The molecule has 0 unspecified atom stereocenters. The number of carbonyl (C=O) groups excluding carboxylic acids is 1. The molecule has 64 valence electrons. The second-order valence-corrected chi connectivity index (χ2v) is 5.71. The number of hydrogen-bond donors (Lipinski definition) is 0. The monoisotopic (exact) mass is 194 g/mol. The maximum absolute atomic E-state index is 10.8. The molecular formula is C6H10O3S2. The maximum Gasteiger partial charge on any atom is 0.215 e. The molecular weight excluding hydrogens is 184 g/mol. The molecule has 5 heteroatoms. The van der Waals surface area contributed by atoms with Crippen molar-refractivity contribution in [2.24, 2.45) is 0 Å². The highest BCUT2D eigenvalue weighted by molar-refractivity contribution is 8.22. The zero-order chi connectivity index (χ0) is 9.07. The van der Waals surface area contributed by atoms with E-state index < -0.39 is 9.84 Å². The first-order chi connectivity index (χ1) is 4.83. The summed E-state index contributed by atoms with van der Waals surface area (Å²) in [6.07, 6.45) is 1.09. The van der Waals surface area contributed by atoms with Gasteiger partial charge in [-0.2, -0.15) is 0 Å². The molecule has 0 saturated carbocycles. The molecule has 0 N–H and O–H groups in total. The molecule has 0 atom stereocenters. The third-order valence-corrected chi connectivity index (χ3v) is 3.55. The van der Waals surface area contributed by atoms with Crippen molar-refractivity contribution in [3.8, 4) is 0 Å². The molecule has 0 aliphatic heterocycles. The van der Waals surface area contributed by atoms with Crippen LogP contribution in [0.4, 0.5) is 0 Å². The lowest BCUT2D eigenvalue weighted by Crippen LogP contribution is -2.03. The van der Waals surface area contributed by atoms with Gasteiger partial charge in [0.1, 0.15) is 5.08 Å². The van der Waals surface area contributed by atoms with Gasteiger partial charge in [0.2, 0.25) is 5.12 Å². The Morgan fingerprint density at radius 1 is 1.55 bits per heavy atom. The van der Waals surface area contributed by atoms with Crippen LogP contribution in [0.25, 0.3) is 0 Å². The Kier molecular flexibility index (Phi) is 3.82. The van der Waals surface area contributed by atoms with Gasteiger partial charge in [-0.1, -0.05) is 18.3 Å². The van der Waals surface area contributed by atoms with Crippen LogP contribution in [-0.2, 0) is 14.6 Å². The van der Waals surface area contributed by atoms with Crippen molar-refractivity contribution in [2.45, 2.75) is 6.92 Å². The summed E-state index contributed by atoms with van der Waals surface area (Å²) in [5.41, 5.74) is 0.374. The van der Waals surface area contributed by atoms with E-state index in [9.17, 15) is 13.2 Å². The van der Waals surface area contributed by atoms with Crippen molar-refractivity contribution >= 4 is 26.7 Å². The van der Waals surface area contributed by atoms with Gasteiger partial charge in [-0.25, -0.2) is 8.42 Å². The van der Waals surface area contributed by atoms with E-state index >= 15 is 0 Å². The molecule has 3 nitrogen and oxygen atoms in total. The SMILES string of the molecule is C=C(C)C(=O)SCS(C)(=O)=O. The van der Waals surface area contributed by atoms with Crippen LogP contribution in [0, 0.1) is 0 Å². The summed E-state index contributed by atoms with van der Waals surface area (Å²) in [6, 6.07) is 0. The van der Waals surface area contributed by atoms with Gasteiger partial charge >= 0.3 is 0 Å². The fourth-order valence-corrected chi connectivity index (χ4v) is 1.81. The van der Waals surface area contributed by atoms with Crippen molar-refractivity contribution in [1.82, 2.24) is 0 Å². The first-order valence-electron chi connectivity index (χ1n) is 2.83. The summed E-state index contributed by atoms with van der Waals surface area (Å²) < 4.78 is 21.1. The average Bonchev–Trinajstić information content (AvgIpc) is 1.80. The van der Waals surface area contributed by atoms with Crippen LogP contribution in [-0.4, -0.2) is 24.9 Å². The highest BCUT2D eigenvalue weighted by Crippen LogP contribution is 2.10. The Labute approximate surface area is 70.8 Å². The summed E-state index contributed by atoms with van der Waals surface area (Å²) in [6.45, 7) is 4.94. The van der Waals surface area contributed by atoms with Crippen molar-refractivity contribution in [1.29, 1.82) is 0 Å². The van der Waals surface area contributed by atoms with Gasteiger partial charge in [-0.15, -0.1) is 0 Å². The van der Waals surface area contributed by atoms with E-state index in [0.29, 0.717) is 5.57 Å². The number of thioether (sulfide) groups is 1. The van der Waals surface area contributed by atoms with Crippen LogP contribution in [0.2, 0.25) is 0 Å². The zero-order valence-electron chi connectivity index (χ0n) is 6.46. The van der Waals surface area contributed by atoms with Crippen LogP contribution >= 0.6 is 11.8 Å². The van der Waals surface area contributed by atoms with Crippen molar-refractivity contribution in [3.05, 3.63) is 12.2 Å². The first kappa shape index (κ1) is 10.7. The van der Waals surface area contributed by atoms with Gasteiger partial charge in [0.25, 0.3) is 0 Å². The predicted molar refractivity (Wildman–Crippen MR) is 47.1 cm³/mol. The molecule has 0 aromatic carbocycles. The minimum absolute atomic E-state index is 0.168. The van der Waals surface area contributed by atoms with Crippen LogP contribution in [0.3, 0.4) is 0 Å². The molecule has 0 aromatic heterocycles. The molecule has 0 saturated heterocycles. The Balaban J connectivity index is 3.92. The van der Waals surface area contributed by atoms with Gasteiger partial charge in [0, 0.05) is 6.26 Å². The van der Waals surface area contributed by atoms with Gasteiger partial charge in [-0.05, 0) is 12.5 Å². The smallest absolute Gasteiger partial charge is 0.215 e. The topological polar surface area (TPSA) is 51.2 Å². The van der Waals surface area contributed by atoms with Crippen LogP contribution in [0.1, 0.15) is 6.92 Å². The summed E-state index contributed by atoms with van der Waals surface area (Å²) in [7, 11) is -3.05. The molecule has 0 heterocycles. The molecule has 0 fully saturated rings. The fraction of sp³-hybridized carbons (Fsp3) is 0.500. The molecule has 0 amide bonds. The lowest BCUT2D eigenvalue weighted by atomic mass is 10.4. The molecule has 0 rings (SSSR count). The quantitative estimate of drug-likeness (QED) is 0.624. The molecule has 0 aliphatic carbocycles. The van der Waals surface area contributed by atoms with Crippen molar-refractivity contribution in [2.75, 3.05) is 11.3 Å². The van der Waals surface area contributed by atoms with Crippen molar-refractivity contribution in [3.63, 3.8) is 0 Å². The van der Waals surface area contributed by atoms with E-state index in [1.54, 1.807) is 6.92 Å². The molecule has 11 heavy (non-hydrogen) atoms. The summed E-state index contributed by atoms with van der Waals surface area (Å²) in [4.78, 5) is 10.8. The Hall–Kier alpha value is -0.290. The van der Waals surface area contributed by atoms with E-state index in [4.69, 9.17) is 0 Å². The number of sulfone groups is 1. The Bertz CT molecular complexity index is 264. The van der Waals surface area contributed by atoms with Gasteiger partial charge in [0.05, 0.1) is 0 Å². The number of hydrogen-bond acceptors (Lipinski definition) is 4. The van der Waals surface area contributed by atoms with Gasteiger partial charge < -0.3 is 0 Å². The van der Waals surface area contributed by atoms with E-state index in [0.717, 1.165) is 18.0 Å². The fourth-order valence-electron chi connectivity index (χ4n) is 0.284. The highest BCUT2D eigenvalue weighted by Gasteiger charge is 2.08. The summed E-state index contributed by atoms with van der Waals surface area (Å²) >= 11 is 0.765. The number of rotatable bonds is 3. The molecule has 0 spiro atoms. The predicted octanol–water partition coefficient (Wildman–Crippen LogP) is 0.824. The van der Waals surface area contributed by atoms with Gasteiger partial charge in [0.15, 0.2) is 9.84 Å². The largest absolute Gasteiger partial charge is 0.282 e. The molecule has 0 aliphatic rings. The Morgan fingerprint density at radius 3 is 2.27 bits per heavy atom. The van der Waals surface area contributed by atoms with E-state index in [1.807, 2.05) is 0 Å². The molecule has 0 aromatic rings. The summed E-state index contributed by atoms with van der Waals surface area (Å²) in [5.74, 6) is 0. The average molecular weight is 194 g/mol. The molecule has 0 bridgehead atoms. The van der Waals surface area contributed by atoms with Crippen LogP contribution in [0.15, 0.2) is 12.2 Å². The Morgan fingerprint density at radius 2 is 2.00 bits per heavy atom. The third kappa shape index (κ3) is 6.12. The summed E-state index contributed by atoms with van der Waals surface area (Å²) in [5, 5.41) is -0.436. The van der Waals surface area contributed by atoms with Crippen LogP contribution < -0.4 is 0 Å². The minimum Gasteiger partial charge on any atom is -0.282 e. The standard InChI is InChI=1S/C6H10O3S2/c1-5(2)6(7)10-4-11(3,8)9/h1,4H2,2-3H3. The maximum atomic E-state index is 10.8.